The largest absolute Gasteiger partial charge is 0.342 e. The number of rotatable bonds is 2. The van der Waals surface area contributed by atoms with Crippen molar-refractivity contribution >= 4 is 26.8 Å². The molecule has 5 nitrogen and oxygen atoms in total. The van der Waals surface area contributed by atoms with E-state index >= 15 is 0 Å². The summed E-state index contributed by atoms with van der Waals surface area (Å²) in [6.45, 7) is 0. The SMILES string of the molecule is Cn1c(=O)c2c(-c3ccc(Br)cc3)n(C3CCCC3)cc2n(C)c1=O. The van der Waals surface area contributed by atoms with Gasteiger partial charge in [0.2, 0.25) is 0 Å². The zero-order valence-electron chi connectivity index (χ0n) is 14.3. The van der Waals surface area contributed by atoms with Crippen LogP contribution in [0.5, 0.6) is 0 Å². The fourth-order valence-corrected chi connectivity index (χ4v) is 4.19. The molecule has 1 aliphatic rings. The molecule has 2 aromatic heterocycles. The molecule has 4 rings (SSSR count). The maximum absolute atomic E-state index is 12.9. The third-order valence-electron chi connectivity index (χ3n) is 5.30. The Morgan fingerprint density at radius 1 is 1.00 bits per heavy atom. The molecule has 1 fully saturated rings. The molecule has 1 saturated carbocycles. The third kappa shape index (κ3) is 2.51. The van der Waals surface area contributed by atoms with Crippen LogP contribution in [0.15, 0.2) is 44.5 Å². The fraction of sp³-hybridized carbons (Fsp3) is 0.368. The molecule has 1 aliphatic carbocycles. The molecule has 3 aromatic rings. The van der Waals surface area contributed by atoms with Gasteiger partial charge < -0.3 is 4.57 Å². The van der Waals surface area contributed by atoms with Crippen LogP contribution in [-0.4, -0.2) is 13.7 Å². The minimum atomic E-state index is -0.288. The Hall–Kier alpha value is -2.08. The van der Waals surface area contributed by atoms with Crippen molar-refractivity contribution in [1.29, 1.82) is 0 Å². The summed E-state index contributed by atoms with van der Waals surface area (Å²) in [5, 5.41) is 0.624. The summed E-state index contributed by atoms with van der Waals surface area (Å²) in [5.41, 5.74) is 2.11. The van der Waals surface area contributed by atoms with Crippen LogP contribution in [0.3, 0.4) is 0 Å². The Bertz CT molecular complexity index is 1070. The summed E-state index contributed by atoms with van der Waals surface area (Å²) >= 11 is 3.47. The molecule has 2 heterocycles. The lowest BCUT2D eigenvalue weighted by Crippen LogP contribution is -2.36. The topological polar surface area (TPSA) is 48.9 Å². The van der Waals surface area contributed by atoms with E-state index in [1.807, 2.05) is 30.5 Å². The first-order valence-electron chi connectivity index (χ1n) is 8.55. The van der Waals surface area contributed by atoms with Gasteiger partial charge in [0.1, 0.15) is 0 Å². The summed E-state index contributed by atoms with van der Waals surface area (Å²) in [6, 6.07) is 8.40. The van der Waals surface area contributed by atoms with Crippen molar-refractivity contribution in [2.45, 2.75) is 31.7 Å². The molecule has 0 saturated heterocycles. The van der Waals surface area contributed by atoms with Crippen LogP contribution in [0.1, 0.15) is 31.7 Å². The lowest BCUT2D eigenvalue weighted by Gasteiger charge is -2.16. The molecule has 0 radical (unpaired) electrons. The van der Waals surface area contributed by atoms with Crippen molar-refractivity contribution in [3.8, 4) is 11.3 Å². The number of hydrogen-bond acceptors (Lipinski definition) is 2. The van der Waals surface area contributed by atoms with E-state index in [1.165, 1.54) is 17.4 Å². The van der Waals surface area contributed by atoms with Crippen LogP contribution in [0.4, 0.5) is 0 Å². The Balaban J connectivity index is 2.13. The summed E-state index contributed by atoms with van der Waals surface area (Å²) < 4.78 is 6.00. The van der Waals surface area contributed by atoms with Crippen molar-refractivity contribution in [3.05, 3.63) is 55.8 Å². The number of hydrogen-bond donors (Lipinski definition) is 0. The van der Waals surface area contributed by atoms with Crippen LogP contribution in [0, 0.1) is 0 Å². The molecule has 130 valence electrons. The van der Waals surface area contributed by atoms with Crippen LogP contribution < -0.4 is 11.2 Å². The highest BCUT2D eigenvalue weighted by Gasteiger charge is 2.25. The Kier molecular flexibility index (Phi) is 3.95. The number of aromatic nitrogens is 3. The monoisotopic (exact) mass is 401 g/mol. The van der Waals surface area contributed by atoms with Gasteiger partial charge in [-0.3, -0.25) is 13.9 Å². The fourth-order valence-electron chi connectivity index (χ4n) is 3.93. The van der Waals surface area contributed by atoms with E-state index in [2.05, 4.69) is 20.5 Å². The number of nitrogens with zero attached hydrogens (tertiary/aromatic N) is 3. The molecule has 0 amide bonds. The van der Waals surface area contributed by atoms with E-state index in [-0.39, 0.29) is 11.2 Å². The second-order valence-corrected chi connectivity index (χ2v) is 7.71. The van der Waals surface area contributed by atoms with Crippen LogP contribution in [-0.2, 0) is 14.1 Å². The van der Waals surface area contributed by atoms with Crippen LogP contribution in [0.2, 0.25) is 0 Å². The second-order valence-electron chi connectivity index (χ2n) is 6.80. The molecule has 0 spiro atoms. The van der Waals surface area contributed by atoms with Crippen molar-refractivity contribution in [3.63, 3.8) is 0 Å². The van der Waals surface area contributed by atoms with Gasteiger partial charge in [-0.1, -0.05) is 40.9 Å². The Morgan fingerprint density at radius 3 is 2.28 bits per heavy atom. The minimum absolute atomic E-state index is 0.229. The average Bonchev–Trinajstić information content (AvgIpc) is 3.26. The number of halogens is 1. The first-order valence-corrected chi connectivity index (χ1v) is 9.35. The summed E-state index contributed by atoms with van der Waals surface area (Å²) in [7, 11) is 3.27. The molecule has 0 atom stereocenters. The predicted molar refractivity (Wildman–Crippen MR) is 103 cm³/mol. The molecular weight excluding hydrogens is 382 g/mol. The number of benzene rings is 1. The minimum Gasteiger partial charge on any atom is -0.342 e. The first-order chi connectivity index (χ1) is 12.0. The van der Waals surface area contributed by atoms with Gasteiger partial charge in [0.25, 0.3) is 5.56 Å². The Labute approximate surface area is 153 Å². The normalized spacial score (nSPS) is 15.3. The average molecular weight is 402 g/mol. The zero-order chi connectivity index (χ0) is 17.7. The van der Waals surface area contributed by atoms with Gasteiger partial charge in [-0.05, 0) is 30.5 Å². The van der Waals surface area contributed by atoms with Crippen molar-refractivity contribution < 1.29 is 0 Å². The number of aryl methyl sites for hydroxylation is 1. The molecule has 6 heteroatoms. The molecule has 0 unspecified atom stereocenters. The molecule has 25 heavy (non-hydrogen) atoms. The van der Waals surface area contributed by atoms with Gasteiger partial charge >= 0.3 is 5.69 Å². The second kappa shape index (κ2) is 6.02. The lowest BCUT2D eigenvalue weighted by atomic mass is 10.1. The van der Waals surface area contributed by atoms with Crippen molar-refractivity contribution in [2.24, 2.45) is 14.1 Å². The molecular formula is C19H20BrN3O2. The van der Waals surface area contributed by atoms with Crippen LogP contribution in [0.25, 0.3) is 22.2 Å². The van der Waals surface area contributed by atoms with Crippen molar-refractivity contribution in [1.82, 2.24) is 13.7 Å². The smallest absolute Gasteiger partial charge is 0.330 e. The van der Waals surface area contributed by atoms with Crippen LogP contribution >= 0.6 is 15.9 Å². The summed E-state index contributed by atoms with van der Waals surface area (Å²) in [6.07, 6.45) is 6.62. The summed E-state index contributed by atoms with van der Waals surface area (Å²) in [4.78, 5) is 25.3. The van der Waals surface area contributed by atoms with E-state index in [4.69, 9.17) is 0 Å². The van der Waals surface area contributed by atoms with E-state index in [0.717, 1.165) is 28.6 Å². The van der Waals surface area contributed by atoms with E-state index < -0.39 is 0 Å². The third-order valence-corrected chi connectivity index (χ3v) is 5.83. The van der Waals surface area contributed by atoms with Gasteiger partial charge in [-0.15, -0.1) is 0 Å². The van der Waals surface area contributed by atoms with E-state index in [1.54, 1.807) is 18.7 Å². The van der Waals surface area contributed by atoms with E-state index in [9.17, 15) is 9.59 Å². The highest BCUT2D eigenvalue weighted by Crippen LogP contribution is 2.37. The lowest BCUT2D eigenvalue weighted by molar-refractivity contribution is 0.527. The molecule has 0 aliphatic heterocycles. The van der Waals surface area contributed by atoms with Gasteiger partial charge in [-0.25, -0.2) is 4.79 Å². The molecule has 0 N–H and O–H groups in total. The van der Waals surface area contributed by atoms with Crippen molar-refractivity contribution in [2.75, 3.05) is 0 Å². The standard InChI is InChI=1S/C19H20BrN3O2/c1-21-15-11-23(14-5-3-4-6-14)17(12-7-9-13(20)10-8-12)16(15)18(24)22(2)19(21)25/h7-11,14H,3-6H2,1-2H3. The maximum Gasteiger partial charge on any atom is 0.330 e. The highest BCUT2D eigenvalue weighted by molar-refractivity contribution is 9.10. The van der Waals surface area contributed by atoms with Gasteiger partial charge in [-0.2, -0.15) is 0 Å². The van der Waals surface area contributed by atoms with E-state index in [0.29, 0.717) is 16.9 Å². The molecule has 1 aromatic carbocycles. The Morgan fingerprint density at radius 2 is 1.64 bits per heavy atom. The maximum atomic E-state index is 12.9. The molecule has 0 bridgehead atoms. The highest BCUT2D eigenvalue weighted by atomic mass is 79.9. The van der Waals surface area contributed by atoms with Gasteiger partial charge in [0.15, 0.2) is 0 Å². The quantitative estimate of drug-likeness (QED) is 0.658. The zero-order valence-corrected chi connectivity index (χ0v) is 15.9. The predicted octanol–water partition coefficient (Wildman–Crippen LogP) is 3.58. The number of fused-ring (bicyclic) bond motifs is 1. The summed E-state index contributed by atoms with van der Waals surface area (Å²) in [5.74, 6) is 0. The first kappa shape index (κ1) is 16.4. The van der Waals surface area contributed by atoms with Gasteiger partial charge in [0.05, 0.1) is 16.6 Å². The van der Waals surface area contributed by atoms with Gasteiger partial charge in [0, 0.05) is 30.8 Å².